The van der Waals surface area contributed by atoms with Crippen molar-refractivity contribution in [1.29, 1.82) is 0 Å². The molecule has 92 valence electrons. The summed E-state index contributed by atoms with van der Waals surface area (Å²) in [6, 6.07) is 6.03. The van der Waals surface area contributed by atoms with Gasteiger partial charge in [-0.3, -0.25) is 4.79 Å². The van der Waals surface area contributed by atoms with E-state index in [1.54, 1.807) is 0 Å². The van der Waals surface area contributed by atoms with Crippen LogP contribution in [-0.4, -0.2) is 12.7 Å². The molecule has 1 aliphatic rings. The summed E-state index contributed by atoms with van der Waals surface area (Å²) >= 11 is 0. The van der Waals surface area contributed by atoms with Crippen LogP contribution in [0.25, 0.3) is 0 Å². The number of aryl methyl sites for hydroxylation is 1. The maximum atomic E-state index is 10.6. The van der Waals surface area contributed by atoms with Gasteiger partial charge < -0.3 is 15.2 Å². The highest BCUT2D eigenvalue weighted by Gasteiger charge is 2.12. The molecular weight excluding hydrogens is 218 g/mol. The van der Waals surface area contributed by atoms with Crippen molar-refractivity contribution in [3.63, 3.8) is 0 Å². The van der Waals surface area contributed by atoms with Gasteiger partial charge in [0.05, 0.1) is 0 Å². The number of rotatable bonds is 6. The number of ether oxygens (including phenoxy) is 2. The van der Waals surface area contributed by atoms with E-state index >= 15 is 0 Å². The van der Waals surface area contributed by atoms with Crippen molar-refractivity contribution in [3.05, 3.63) is 23.8 Å². The molecular formula is C13H17NO3. The molecule has 17 heavy (non-hydrogen) atoms. The van der Waals surface area contributed by atoms with Crippen molar-refractivity contribution in [1.82, 2.24) is 0 Å². The highest BCUT2D eigenvalue weighted by Crippen LogP contribution is 2.32. The van der Waals surface area contributed by atoms with E-state index in [1.807, 2.05) is 12.1 Å². The first kappa shape index (κ1) is 11.8. The number of primary amides is 1. The van der Waals surface area contributed by atoms with Crippen LogP contribution in [0.4, 0.5) is 0 Å². The van der Waals surface area contributed by atoms with Gasteiger partial charge in [0.25, 0.3) is 0 Å². The predicted molar refractivity (Wildman–Crippen MR) is 63.9 cm³/mol. The van der Waals surface area contributed by atoms with Crippen LogP contribution < -0.4 is 15.2 Å². The minimum atomic E-state index is -0.215. The van der Waals surface area contributed by atoms with E-state index in [0.717, 1.165) is 37.2 Å². The molecule has 0 bridgehead atoms. The van der Waals surface area contributed by atoms with Crippen molar-refractivity contribution in [2.75, 3.05) is 6.79 Å². The van der Waals surface area contributed by atoms with Crippen molar-refractivity contribution >= 4 is 5.91 Å². The maximum absolute atomic E-state index is 10.6. The summed E-state index contributed by atoms with van der Waals surface area (Å²) in [7, 11) is 0. The highest BCUT2D eigenvalue weighted by molar-refractivity contribution is 5.73. The standard InChI is InChI=1S/C13H17NO3/c14-13(15)5-3-1-2-4-10-6-7-11-12(8-10)17-9-16-11/h6-8H,1-5,9H2,(H2,14,15). The fourth-order valence-electron chi connectivity index (χ4n) is 1.90. The Morgan fingerprint density at radius 3 is 2.82 bits per heavy atom. The fraction of sp³-hybridized carbons (Fsp3) is 0.462. The molecule has 4 nitrogen and oxygen atoms in total. The molecule has 0 atom stereocenters. The average Bonchev–Trinajstić information content (AvgIpc) is 2.75. The summed E-state index contributed by atoms with van der Waals surface area (Å²) in [4.78, 5) is 10.6. The second kappa shape index (κ2) is 5.57. The summed E-state index contributed by atoms with van der Waals surface area (Å²) in [5.41, 5.74) is 6.32. The zero-order valence-corrected chi connectivity index (χ0v) is 9.78. The molecule has 1 heterocycles. The van der Waals surface area contributed by atoms with Crippen LogP contribution in [0.1, 0.15) is 31.2 Å². The Morgan fingerprint density at radius 1 is 1.18 bits per heavy atom. The van der Waals surface area contributed by atoms with Crippen LogP contribution in [0.15, 0.2) is 18.2 Å². The first-order valence-corrected chi connectivity index (χ1v) is 5.92. The van der Waals surface area contributed by atoms with Gasteiger partial charge in [0.15, 0.2) is 11.5 Å². The van der Waals surface area contributed by atoms with Crippen LogP contribution in [0.2, 0.25) is 0 Å². The molecule has 2 rings (SSSR count). The van der Waals surface area contributed by atoms with Crippen LogP contribution in [0.5, 0.6) is 11.5 Å². The van der Waals surface area contributed by atoms with Crippen molar-refractivity contribution < 1.29 is 14.3 Å². The molecule has 0 saturated heterocycles. The Balaban J connectivity index is 1.74. The first-order chi connectivity index (χ1) is 8.25. The topological polar surface area (TPSA) is 61.6 Å². The average molecular weight is 235 g/mol. The Kier molecular flexibility index (Phi) is 3.85. The minimum Gasteiger partial charge on any atom is -0.454 e. The lowest BCUT2D eigenvalue weighted by Crippen LogP contribution is -2.09. The lowest BCUT2D eigenvalue weighted by molar-refractivity contribution is -0.118. The molecule has 0 radical (unpaired) electrons. The van der Waals surface area contributed by atoms with E-state index < -0.39 is 0 Å². The fourth-order valence-corrected chi connectivity index (χ4v) is 1.90. The third-order valence-electron chi connectivity index (χ3n) is 2.83. The largest absolute Gasteiger partial charge is 0.454 e. The summed E-state index contributed by atoms with van der Waals surface area (Å²) < 4.78 is 10.6. The van der Waals surface area contributed by atoms with Gasteiger partial charge in [0, 0.05) is 6.42 Å². The van der Waals surface area contributed by atoms with E-state index in [9.17, 15) is 4.79 Å². The van der Waals surface area contributed by atoms with Crippen LogP contribution >= 0.6 is 0 Å². The number of hydrogen-bond acceptors (Lipinski definition) is 3. The van der Waals surface area contributed by atoms with Crippen LogP contribution in [0, 0.1) is 0 Å². The molecule has 2 N–H and O–H groups in total. The van der Waals surface area contributed by atoms with Crippen LogP contribution in [-0.2, 0) is 11.2 Å². The van der Waals surface area contributed by atoms with E-state index in [1.165, 1.54) is 5.56 Å². The van der Waals surface area contributed by atoms with E-state index in [-0.39, 0.29) is 5.91 Å². The molecule has 0 aromatic heterocycles. The maximum Gasteiger partial charge on any atom is 0.231 e. The van der Waals surface area contributed by atoms with E-state index in [0.29, 0.717) is 13.2 Å². The molecule has 1 aromatic rings. The monoisotopic (exact) mass is 235 g/mol. The summed E-state index contributed by atoms with van der Waals surface area (Å²) in [6.45, 7) is 0.317. The Labute approximate surface area is 101 Å². The Hall–Kier alpha value is -1.71. The molecule has 0 spiro atoms. The molecule has 0 aliphatic carbocycles. The molecule has 0 unspecified atom stereocenters. The number of carbonyl (C=O) groups is 1. The van der Waals surface area contributed by atoms with Gasteiger partial charge in [-0.15, -0.1) is 0 Å². The van der Waals surface area contributed by atoms with Crippen LogP contribution in [0.3, 0.4) is 0 Å². The molecule has 1 aliphatic heterocycles. The lowest BCUT2D eigenvalue weighted by atomic mass is 10.1. The van der Waals surface area contributed by atoms with E-state index in [2.05, 4.69) is 6.07 Å². The van der Waals surface area contributed by atoms with Gasteiger partial charge in [-0.2, -0.15) is 0 Å². The zero-order chi connectivity index (χ0) is 12.1. The minimum absolute atomic E-state index is 0.215. The highest BCUT2D eigenvalue weighted by atomic mass is 16.7. The number of nitrogens with two attached hydrogens (primary N) is 1. The lowest BCUT2D eigenvalue weighted by Gasteiger charge is -2.03. The Morgan fingerprint density at radius 2 is 2.00 bits per heavy atom. The van der Waals surface area contributed by atoms with Crippen molar-refractivity contribution in [3.8, 4) is 11.5 Å². The van der Waals surface area contributed by atoms with Gasteiger partial charge in [-0.05, 0) is 37.0 Å². The van der Waals surface area contributed by atoms with Gasteiger partial charge in [0.2, 0.25) is 12.7 Å². The number of carbonyl (C=O) groups excluding carboxylic acids is 1. The van der Waals surface area contributed by atoms with Gasteiger partial charge in [0.1, 0.15) is 0 Å². The molecule has 4 heteroatoms. The summed E-state index contributed by atoms with van der Waals surface area (Å²) in [6.07, 6.45) is 4.45. The second-order valence-electron chi connectivity index (χ2n) is 4.21. The van der Waals surface area contributed by atoms with Gasteiger partial charge >= 0.3 is 0 Å². The molecule has 1 amide bonds. The van der Waals surface area contributed by atoms with Crippen molar-refractivity contribution in [2.45, 2.75) is 32.1 Å². The molecule has 0 fully saturated rings. The number of fused-ring (bicyclic) bond motifs is 1. The predicted octanol–water partition coefficient (Wildman–Crippen LogP) is 2.00. The summed E-state index contributed by atoms with van der Waals surface area (Å²) in [5, 5.41) is 0. The van der Waals surface area contributed by atoms with Gasteiger partial charge in [-0.25, -0.2) is 0 Å². The Bertz CT molecular complexity index is 404. The molecule has 0 saturated carbocycles. The zero-order valence-electron chi connectivity index (χ0n) is 9.78. The van der Waals surface area contributed by atoms with Gasteiger partial charge in [-0.1, -0.05) is 12.5 Å². The number of amides is 1. The third-order valence-corrected chi connectivity index (χ3v) is 2.83. The SMILES string of the molecule is NC(=O)CCCCCc1ccc2c(c1)OCO2. The van der Waals surface area contributed by atoms with E-state index in [4.69, 9.17) is 15.2 Å². The smallest absolute Gasteiger partial charge is 0.231 e. The summed E-state index contributed by atoms with van der Waals surface area (Å²) in [5.74, 6) is 1.44. The normalized spacial score (nSPS) is 12.7. The quantitative estimate of drug-likeness (QED) is 0.767. The first-order valence-electron chi connectivity index (χ1n) is 5.92. The van der Waals surface area contributed by atoms with Crippen molar-refractivity contribution in [2.24, 2.45) is 5.73 Å². The second-order valence-corrected chi connectivity index (χ2v) is 4.21. The molecule has 1 aromatic carbocycles. The number of hydrogen-bond donors (Lipinski definition) is 1. The third kappa shape index (κ3) is 3.37. The number of unbranched alkanes of at least 4 members (excludes halogenated alkanes) is 2. The number of benzene rings is 1.